The van der Waals surface area contributed by atoms with Gasteiger partial charge in [-0.1, -0.05) is 26.8 Å². The second-order valence-electron chi connectivity index (χ2n) is 6.42. The highest BCUT2D eigenvalue weighted by Crippen LogP contribution is 2.45. The van der Waals surface area contributed by atoms with Crippen LogP contribution in [0.3, 0.4) is 0 Å². The standard InChI is InChI=1S/C14H26O/c1-6-7-12-10-11(13(2,3)4)8-9-14(12,5)15/h6,11-12,15H,1,7-10H2,2-5H3. The summed E-state index contributed by atoms with van der Waals surface area (Å²) < 4.78 is 0. The highest BCUT2D eigenvalue weighted by Gasteiger charge is 2.40. The van der Waals surface area contributed by atoms with Gasteiger partial charge in [-0.3, -0.25) is 0 Å². The fraction of sp³-hybridized carbons (Fsp3) is 0.857. The molecular formula is C14H26O. The van der Waals surface area contributed by atoms with Crippen LogP contribution in [0.2, 0.25) is 0 Å². The molecule has 1 N–H and O–H groups in total. The molecule has 0 spiro atoms. The summed E-state index contributed by atoms with van der Waals surface area (Å²) in [7, 11) is 0. The van der Waals surface area contributed by atoms with Crippen molar-refractivity contribution < 1.29 is 5.11 Å². The van der Waals surface area contributed by atoms with Crippen LogP contribution in [0.15, 0.2) is 12.7 Å². The lowest BCUT2D eigenvalue weighted by Crippen LogP contribution is -2.42. The molecular weight excluding hydrogens is 184 g/mol. The topological polar surface area (TPSA) is 20.2 Å². The van der Waals surface area contributed by atoms with Gasteiger partial charge in [0.2, 0.25) is 0 Å². The molecule has 1 nitrogen and oxygen atoms in total. The maximum absolute atomic E-state index is 10.3. The summed E-state index contributed by atoms with van der Waals surface area (Å²) in [6.07, 6.45) is 6.13. The molecule has 0 bridgehead atoms. The van der Waals surface area contributed by atoms with Crippen molar-refractivity contribution in [1.29, 1.82) is 0 Å². The summed E-state index contributed by atoms with van der Waals surface area (Å²) in [6, 6.07) is 0. The maximum atomic E-state index is 10.3. The van der Waals surface area contributed by atoms with Gasteiger partial charge in [-0.15, -0.1) is 6.58 Å². The van der Waals surface area contributed by atoms with Crippen LogP contribution >= 0.6 is 0 Å². The minimum absolute atomic E-state index is 0.371. The van der Waals surface area contributed by atoms with Gasteiger partial charge in [-0.05, 0) is 49.9 Å². The highest BCUT2D eigenvalue weighted by atomic mass is 16.3. The molecule has 1 aliphatic carbocycles. The summed E-state index contributed by atoms with van der Waals surface area (Å²) in [5.74, 6) is 1.13. The molecule has 0 heterocycles. The largest absolute Gasteiger partial charge is 0.390 e. The molecule has 1 aliphatic rings. The highest BCUT2D eigenvalue weighted by molar-refractivity contribution is 4.94. The molecule has 0 aromatic carbocycles. The summed E-state index contributed by atoms with van der Waals surface area (Å²) >= 11 is 0. The average Bonchev–Trinajstić information content (AvgIpc) is 2.06. The van der Waals surface area contributed by atoms with Gasteiger partial charge in [0.05, 0.1) is 5.60 Å². The molecule has 0 saturated heterocycles. The Morgan fingerprint density at radius 3 is 2.53 bits per heavy atom. The zero-order valence-corrected chi connectivity index (χ0v) is 10.7. The SMILES string of the molecule is C=CCC1CC(C(C)(C)C)CCC1(C)O. The Bertz CT molecular complexity index is 222. The van der Waals surface area contributed by atoms with E-state index in [0.29, 0.717) is 11.3 Å². The predicted molar refractivity (Wildman–Crippen MR) is 65.7 cm³/mol. The number of hydrogen-bond donors (Lipinski definition) is 1. The monoisotopic (exact) mass is 210 g/mol. The first-order chi connectivity index (χ1) is 6.77. The Labute approximate surface area is 94.6 Å². The van der Waals surface area contributed by atoms with Crippen LogP contribution in [0.25, 0.3) is 0 Å². The Morgan fingerprint density at radius 2 is 2.07 bits per heavy atom. The van der Waals surface area contributed by atoms with Crippen LogP contribution in [0, 0.1) is 17.3 Å². The third-order valence-electron chi connectivity index (χ3n) is 4.12. The number of rotatable bonds is 2. The fourth-order valence-corrected chi connectivity index (χ4v) is 2.72. The second kappa shape index (κ2) is 4.29. The van der Waals surface area contributed by atoms with E-state index in [2.05, 4.69) is 27.4 Å². The van der Waals surface area contributed by atoms with Crippen molar-refractivity contribution in [2.75, 3.05) is 0 Å². The number of allylic oxidation sites excluding steroid dienone is 1. The Kier molecular flexibility index (Phi) is 3.65. The van der Waals surface area contributed by atoms with Crippen molar-refractivity contribution in [2.45, 2.75) is 59.0 Å². The van der Waals surface area contributed by atoms with Crippen molar-refractivity contribution in [2.24, 2.45) is 17.3 Å². The molecule has 1 rings (SSSR count). The van der Waals surface area contributed by atoms with Gasteiger partial charge in [0.15, 0.2) is 0 Å². The van der Waals surface area contributed by atoms with Crippen LogP contribution < -0.4 is 0 Å². The Hall–Kier alpha value is -0.300. The fourth-order valence-electron chi connectivity index (χ4n) is 2.72. The molecule has 15 heavy (non-hydrogen) atoms. The molecule has 0 aromatic heterocycles. The van der Waals surface area contributed by atoms with Crippen molar-refractivity contribution >= 4 is 0 Å². The van der Waals surface area contributed by atoms with Crippen molar-refractivity contribution in [1.82, 2.24) is 0 Å². The van der Waals surface area contributed by atoms with Gasteiger partial charge in [-0.2, -0.15) is 0 Å². The van der Waals surface area contributed by atoms with Gasteiger partial charge < -0.3 is 5.11 Å². The summed E-state index contributed by atoms with van der Waals surface area (Å²) in [6.45, 7) is 12.7. The lowest BCUT2D eigenvalue weighted by molar-refractivity contribution is -0.0605. The van der Waals surface area contributed by atoms with Crippen LogP contribution in [0.5, 0.6) is 0 Å². The van der Waals surface area contributed by atoms with E-state index in [1.807, 2.05) is 13.0 Å². The first-order valence-electron chi connectivity index (χ1n) is 6.10. The summed E-state index contributed by atoms with van der Waals surface area (Å²) in [4.78, 5) is 0. The molecule has 1 saturated carbocycles. The van der Waals surface area contributed by atoms with E-state index in [1.54, 1.807) is 0 Å². The van der Waals surface area contributed by atoms with E-state index in [1.165, 1.54) is 0 Å². The summed E-state index contributed by atoms with van der Waals surface area (Å²) in [5.41, 5.74) is -0.105. The Morgan fingerprint density at radius 1 is 1.47 bits per heavy atom. The van der Waals surface area contributed by atoms with E-state index in [4.69, 9.17) is 0 Å². The van der Waals surface area contributed by atoms with Gasteiger partial charge in [0, 0.05) is 0 Å². The molecule has 1 heteroatoms. The number of aliphatic hydroxyl groups is 1. The zero-order chi connectivity index (χ0) is 11.7. The van der Waals surface area contributed by atoms with E-state index in [-0.39, 0.29) is 0 Å². The Balaban J connectivity index is 2.70. The predicted octanol–water partition coefficient (Wildman–Crippen LogP) is 3.78. The first-order valence-corrected chi connectivity index (χ1v) is 6.10. The molecule has 0 aromatic rings. The van der Waals surface area contributed by atoms with Crippen LogP contribution in [0.4, 0.5) is 0 Å². The van der Waals surface area contributed by atoms with E-state index < -0.39 is 5.60 Å². The molecule has 0 amide bonds. The van der Waals surface area contributed by atoms with E-state index >= 15 is 0 Å². The average molecular weight is 210 g/mol. The van der Waals surface area contributed by atoms with Crippen LogP contribution in [0.1, 0.15) is 53.4 Å². The van der Waals surface area contributed by atoms with Gasteiger partial charge >= 0.3 is 0 Å². The lowest BCUT2D eigenvalue weighted by atomic mass is 9.63. The molecule has 3 atom stereocenters. The zero-order valence-electron chi connectivity index (χ0n) is 10.7. The summed E-state index contributed by atoms with van der Waals surface area (Å²) in [5, 5.41) is 10.3. The second-order valence-corrected chi connectivity index (χ2v) is 6.42. The van der Waals surface area contributed by atoms with Gasteiger partial charge in [0.25, 0.3) is 0 Å². The quantitative estimate of drug-likeness (QED) is 0.688. The van der Waals surface area contributed by atoms with E-state index in [0.717, 1.165) is 31.6 Å². The smallest absolute Gasteiger partial charge is 0.0651 e. The number of hydrogen-bond acceptors (Lipinski definition) is 1. The van der Waals surface area contributed by atoms with Gasteiger partial charge in [-0.25, -0.2) is 0 Å². The molecule has 0 aliphatic heterocycles. The first kappa shape index (κ1) is 12.8. The van der Waals surface area contributed by atoms with Crippen molar-refractivity contribution in [3.05, 3.63) is 12.7 Å². The lowest BCUT2D eigenvalue weighted by Gasteiger charge is -2.45. The maximum Gasteiger partial charge on any atom is 0.0651 e. The van der Waals surface area contributed by atoms with Gasteiger partial charge in [0.1, 0.15) is 0 Å². The molecule has 3 unspecified atom stereocenters. The molecule has 0 radical (unpaired) electrons. The normalized spacial score (nSPS) is 37.7. The van der Waals surface area contributed by atoms with Crippen LogP contribution in [-0.4, -0.2) is 10.7 Å². The third kappa shape index (κ3) is 3.07. The van der Waals surface area contributed by atoms with Crippen molar-refractivity contribution in [3.63, 3.8) is 0 Å². The van der Waals surface area contributed by atoms with Crippen LogP contribution in [-0.2, 0) is 0 Å². The third-order valence-corrected chi connectivity index (χ3v) is 4.12. The van der Waals surface area contributed by atoms with Crippen molar-refractivity contribution in [3.8, 4) is 0 Å². The minimum atomic E-state index is -0.476. The molecule has 88 valence electrons. The minimum Gasteiger partial charge on any atom is -0.390 e. The molecule has 1 fully saturated rings. The van der Waals surface area contributed by atoms with E-state index in [9.17, 15) is 5.11 Å².